The van der Waals surface area contributed by atoms with E-state index in [9.17, 15) is 9.50 Å². The van der Waals surface area contributed by atoms with Crippen molar-refractivity contribution in [1.82, 2.24) is 10.1 Å². The highest BCUT2D eigenvalue weighted by Crippen LogP contribution is 2.24. The highest BCUT2D eigenvalue weighted by Gasteiger charge is 2.18. The first-order chi connectivity index (χ1) is 10.1. The summed E-state index contributed by atoms with van der Waals surface area (Å²) in [4.78, 5) is 4.13. The van der Waals surface area contributed by atoms with Gasteiger partial charge in [-0.3, -0.25) is 0 Å². The van der Waals surface area contributed by atoms with Gasteiger partial charge < -0.3 is 9.63 Å². The van der Waals surface area contributed by atoms with Crippen LogP contribution in [0, 0.1) is 12.7 Å². The Morgan fingerprint density at radius 3 is 2.62 bits per heavy atom. The molecule has 1 atom stereocenters. The smallest absolute Gasteiger partial charge is 0.260 e. The minimum atomic E-state index is -0.997. The highest BCUT2D eigenvalue weighted by atomic mass is 19.1. The Kier molecular flexibility index (Phi) is 3.50. The van der Waals surface area contributed by atoms with Crippen molar-refractivity contribution in [2.75, 3.05) is 0 Å². The average molecular weight is 284 g/mol. The van der Waals surface area contributed by atoms with Crippen molar-refractivity contribution >= 4 is 0 Å². The number of hydrogen-bond donors (Lipinski definition) is 1. The van der Waals surface area contributed by atoms with E-state index in [0.29, 0.717) is 16.7 Å². The van der Waals surface area contributed by atoms with Crippen LogP contribution in [0.2, 0.25) is 0 Å². The second kappa shape index (κ2) is 5.46. The molecule has 1 unspecified atom stereocenters. The van der Waals surface area contributed by atoms with Gasteiger partial charge in [0.1, 0.15) is 5.82 Å². The number of rotatable bonds is 3. The van der Waals surface area contributed by atoms with Gasteiger partial charge in [-0.15, -0.1) is 0 Å². The number of halogens is 1. The number of hydrogen-bond acceptors (Lipinski definition) is 4. The molecule has 0 amide bonds. The zero-order valence-corrected chi connectivity index (χ0v) is 11.3. The van der Waals surface area contributed by atoms with Crippen LogP contribution in [-0.2, 0) is 0 Å². The van der Waals surface area contributed by atoms with Crippen molar-refractivity contribution in [3.05, 3.63) is 71.4 Å². The Bertz CT molecular complexity index is 756. The molecule has 0 fully saturated rings. The summed E-state index contributed by atoms with van der Waals surface area (Å²) in [7, 11) is 0. The maximum atomic E-state index is 13.6. The van der Waals surface area contributed by atoms with Crippen LogP contribution in [0.3, 0.4) is 0 Å². The first-order valence-corrected chi connectivity index (χ1v) is 6.48. The third kappa shape index (κ3) is 2.68. The van der Waals surface area contributed by atoms with E-state index >= 15 is 0 Å². The molecule has 106 valence electrons. The molecule has 0 saturated heterocycles. The fourth-order valence-corrected chi connectivity index (χ4v) is 1.97. The summed E-state index contributed by atoms with van der Waals surface area (Å²) in [5.41, 5.74) is 1.71. The minimum absolute atomic E-state index is 0.0807. The molecule has 0 bridgehead atoms. The predicted octanol–water partition coefficient (Wildman–Crippen LogP) is 3.27. The van der Waals surface area contributed by atoms with Crippen molar-refractivity contribution in [2.24, 2.45) is 0 Å². The molecule has 1 heterocycles. The largest absolute Gasteiger partial charge is 0.378 e. The molecular formula is C16H13FN2O2. The lowest BCUT2D eigenvalue weighted by Crippen LogP contribution is -1.99. The molecule has 2 aromatic carbocycles. The summed E-state index contributed by atoms with van der Waals surface area (Å²) in [6, 6.07) is 13.7. The summed E-state index contributed by atoms with van der Waals surface area (Å²) in [6.07, 6.45) is -0.997. The van der Waals surface area contributed by atoms with E-state index in [1.54, 1.807) is 31.2 Å². The van der Waals surface area contributed by atoms with Crippen molar-refractivity contribution in [3.8, 4) is 11.4 Å². The van der Waals surface area contributed by atoms with Gasteiger partial charge in [-0.1, -0.05) is 47.6 Å². The van der Waals surface area contributed by atoms with Crippen LogP contribution in [0.25, 0.3) is 11.4 Å². The van der Waals surface area contributed by atoms with Crippen molar-refractivity contribution in [3.63, 3.8) is 0 Å². The lowest BCUT2D eigenvalue weighted by molar-refractivity contribution is 0.170. The van der Waals surface area contributed by atoms with E-state index in [2.05, 4.69) is 10.1 Å². The molecule has 0 spiro atoms. The van der Waals surface area contributed by atoms with Crippen molar-refractivity contribution in [2.45, 2.75) is 13.0 Å². The second-order valence-corrected chi connectivity index (χ2v) is 4.73. The van der Waals surface area contributed by atoms with Gasteiger partial charge in [-0.05, 0) is 24.1 Å². The molecule has 4 nitrogen and oxygen atoms in total. The molecule has 5 heteroatoms. The van der Waals surface area contributed by atoms with Gasteiger partial charge in [0.25, 0.3) is 5.89 Å². The van der Waals surface area contributed by atoms with Gasteiger partial charge in [0, 0.05) is 5.56 Å². The average Bonchev–Trinajstić information content (AvgIpc) is 3.00. The van der Waals surface area contributed by atoms with E-state index in [1.807, 2.05) is 18.2 Å². The Morgan fingerprint density at radius 2 is 1.90 bits per heavy atom. The monoisotopic (exact) mass is 284 g/mol. The minimum Gasteiger partial charge on any atom is -0.378 e. The maximum Gasteiger partial charge on any atom is 0.260 e. The maximum absolute atomic E-state index is 13.6. The molecule has 0 aliphatic rings. The number of benzene rings is 2. The fourth-order valence-electron chi connectivity index (χ4n) is 1.97. The van der Waals surface area contributed by atoms with Gasteiger partial charge >= 0.3 is 0 Å². The zero-order valence-electron chi connectivity index (χ0n) is 11.3. The number of aromatic nitrogens is 2. The molecule has 1 N–H and O–H groups in total. The standard InChI is InChI=1S/C16H13FN2O2/c1-10-7-8-12(9-13(10)17)15-18-16(21-19-15)14(20)11-5-3-2-4-6-11/h2-9,14,20H,1H3. The summed E-state index contributed by atoms with van der Waals surface area (Å²) in [5, 5.41) is 14.0. The highest BCUT2D eigenvalue weighted by molar-refractivity contribution is 5.55. The topological polar surface area (TPSA) is 59.2 Å². The quantitative estimate of drug-likeness (QED) is 0.802. The van der Waals surface area contributed by atoms with E-state index in [1.165, 1.54) is 6.07 Å². The normalized spacial score (nSPS) is 12.3. The molecule has 21 heavy (non-hydrogen) atoms. The Morgan fingerprint density at radius 1 is 1.14 bits per heavy atom. The first kappa shape index (κ1) is 13.5. The van der Waals surface area contributed by atoms with Crippen LogP contribution in [0.4, 0.5) is 4.39 Å². The third-order valence-corrected chi connectivity index (χ3v) is 3.22. The van der Waals surface area contributed by atoms with Gasteiger partial charge in [0.05, 0.1) is 0 Å². The van der Waals surface area contributed by atoms with Crippen LogP contribution >= 0.6 is 0 Å². The predicted molar refractivity (Wildman–Crippen MR) is 74.9 cm³/mol. The van der Waals surface area contributed by atoms with Crippen LogP contribution < -0.4 is 0 Å². The molecule has 0 radical (unpaired) electrons. The summed E-state index contributed by atoms with van der Waals surface area (Å²) in [6.45, 7) is 1.68. The molecular weight excluding hydrogens is 271 g/mol. The number of aliphatic hydroxyl groups excluding tert-OH is 1. The molecule has 0 saturated carbocycles. The van der Waals surface area contributed by atoms with Crippen LogP contribution in [0.1, 0.15) is 23.1 Å². The lowest BCUT2D eigenvalue weighted by Gasteiger charge is -2.04. The summed E-state index contributed by atoms with van der Waals surface area (Å²) < 4.78 is 18.6. The SMILES string of the molecule is Cc1ccc(-c2noc(C(O)c3ccccc3)n2)cc1F. The van der Waals surface area contributed by atoms with Crippen molar-refractivity contribution in [1.29, 1.82) is 0 Å². The van der Waals surface area contributed by atoms with Crippen molar-refractivity contribution < 1.29 is 14.0 Å². The summed E-state index contributed by atoms with van der Waals surface area (Å²) in [5.74, 6) is -0.00137. The Labute approximate surface area is 120 Å². The van der Waals surface area contributed by atoms with Crippen LogP contribution in [0.15, 0.2) is 53.1 Å². The number of aliphatic hydroxyl groups is 1. The summed E-state index contributed by atoms with van der Waals surface area (Å²) >= 11 is 0. The third-order valence-electron chi connectivity index (χ3n) is 3.22. The molecule has 0 aliphatic heterocycles. The molecule has 3 aromatic rings. The van der Waals surface area contributed by atoms with Gasteiger partial charge in [0.2, 0.25) is 5.82 Å². The van der Waals surface area contributed by atoms with Gasteiger partial charge in [-0.25, -0.2) is 4.39 Å². The lowest BCUT2D eigenvalue weighted by atomic mass is 10.1. The van der Waals surface area contributed by atoms with E-state index < -0.39 is 6.10 Å². The van der Waals surface area contributed by atoms with E-state index in [0.717, 1.165) is 0 Å². The molecule has 3 rings (SSSR count). The van der Waals surface area contributed by atoms with Gasteiger partial charge in [-0.2, -0.15) is 4.98 Å². The zero-order chi connectivity index (χ0) is 14.8. The molecule has 1 aromatic heterocycles. The van der Waals surface area contributed by atoms with Gasteiger partial charge in [0.15, 0.2) is 6.10 Å². The van der Waals surface area contributed by atoms with E-state index in [4.69, 9.17) is 4.52 Å². The fraction of sp³-hybridized carbons (Fsp3) is 0.125. The van der Waals surface area contributed by atoms with Crippen LogP contribution in [-0.4, -0.2) is 15.2 Å². The van der Waals surface area contributed by atoms with Crippen LogP contribution in [0.5, 0.6) is 0 Å². The second-order valence-electron chi connectivity index (χ2n) is 4.73. The Balaban J connectivity index is 1.91. The number of nitrogens with zero attached hydrogens (tertiary/aromatic N) is 2. The Hall–Kier alpha value is -2.53. The number of aryl methyl sites for hydroxylation is 1. The van der Waals surface area contributed by atoms with E-state index in [-0.39, 0.29) is 17.5 Å². The molecule has 0 aliphatic carbocycles. The first-order valence-electron chi connectivity index (χ1n) is 6.48.